The van der Waals surface area contributed by atoms with Crippen LogP contribution in [0.2, 0.25) is 0 Å². The van der Waals surface area contributed by atoms with Gasteiger partial charge in [0.2, 0.25) is 0 Å². The van der Waals surface area contributed by atoms with Crippen molar-refractivity contribution < 1.29 is 28.6 Å². The minimum atomic E-state index is -0.791. The van der Waals surface area contributed by atoms with Gasteiger partial charge in [-0.1, -0.05) is 248 Å². The zero-order valence-electron chi connectivity index (χ0n) is 44.4. The SMILES string of the molecule is CC/C=C\C/C=C\C/C=C\C/C=C\CCCCCC(=O)OC(COC(=O)CCCCCCCCC/C=C\CCCCCCCC)COC(=O)CCCCCCCCCCCCCCCCCC. The van der Waals surface area contributed by atoms with E-state index in [1.54, 1.807) is 0 Å². The van der Waals surface area contributed by atoms with Crippen LogP contribution in [0.15, 0.2) is 60.8 Å². The van der Waals surface area contributed by atoms with Crippen molar-refractivity contribution in [2.75, 3.05) is 13.2 Å². The first-order valence-corrected chi connectivity index (χ1v) is 28.8. The number of unbranched alkanes of at least 4 members (excludes halogenated alkanes) is 31. The van der Waals surface area contributed by atoms with E-state index < -0.39 is 6.10 Å². The lowest BCUT2D eigenvalue weighted by Crippen LogP contribution is -2.30. The fraction of sp³-hybridized carbons (Fsp3) is 0.787. The van der Waals surface area contributed by atoms with Gasteiger partial charge in [0.05, 0.1) is 0 Å². The smallest absolute Gasteiger partial charge is 0.306 e. The van der Waals surface area contributed by atoms with Gasteiger partial charge >= 0.3 is 17.9 Å². The van der Waals surface area contributed by atoms with Crippen LogP contribution in [-0.2, 0) is 28.6 Å². The fourth-order valence-corrected chi connectivity index (χ4v) is 8.19. The molecule has 0 aliphatic carbocycles. The molecule has 0 amide bonds. The van der Waals surface area contributed by atoms with Crippen molar-refractivity contribution in [3.05, 3.63) is 60.8 Å². The summed E-state index contributed by atoms with van der Waals surface area (Å²) in [6.45, 7) is 6.52. The van der Waals surface area contributed by atoms with Gasteiger partial charge in [-0.05, 0) is 83.5 Å². The highest BCUT2D eigenvalue weighted by molar-refractivity contribution is 5.71. The summed E-state index contributed by atoms with van der Waals surface area (Å²) in [5.41, 5.74) is 0. The Hall–Kier alpha value is -2.89. The van der Waals surface area contributed by atoms with Crippen LogP contribution in [0.5, 0.6) is 0 Å². The number of esters is 3. The van der Waals surface area contributed by atoms with E-state index in [0.29, 0.717) is 19.3 Å². The molecule has 0 aromatic carbocycles. The maximum atomic E-state index is 12.8. The molecular formula is C61H108O6. The van der Waals surface area contributed by atoms with Crippen LogP contribution >= 0.6 is 0 Å². The summed E-state index contributed by atoms with van der Waals surface area (Å²) >= 11 is 0. The summed E-state index contributed by atoms with van der Waals surface area (Å²) in [6.07, 6.45) is 69.2. The molecule has 0 aliphatic rings. The second-order valence-corrected chi connectivity index (χ2v) is 19.2. The Morgan fingerprint density at radius 1 is 0.313 bits per heavy atom. The third-order valence-corrected chi connectivity index (χ3v) is 12.5. The Balaban J connectivity index is 4.41. The van der Waals surface area contributed by atoms with Crippen LogP contribution in [0.25, 0.3) is 0 Å². The first kappa shape index (κ1) is 64.1. The molecule has 1 unspecified atom stereocenters. The molecule has 0 aromatic heterocycles. The van der Waals surface area contributed by atoms with E-state index in [4.69, 9.17) is 14.2 Å². The van der Waals surface area contributed by atoms with Gasteiger partial charge in [0.25, 0.3) is 0 Å². The number of ether oxygens (including phenoxy) is 3. The number of carbonyl (C=O) groups is 3. The molecule has 0 heterocycles. The molecule has 0 N–H and O–H groups in total. The largest absolute Gasteiger partial charge is 0.462 e. The molecule has 67 heavy (non-hydrogen) atoms. The maximum Gasteiger partial charge on any atom is 0.306 e. The van der Waals surface area contributed by atoms with E-state index in [9.17, 15) is 14.4 Å². The minimum Gasteiger partial charge on any atom is -0.462 e. The monoisotopic (exact) mass is 937 g/mol. The highest BCUT2D eigenvalue weighted by Gasteiger charge is 2.19. The Morgan fingerprint density at radius 3 is 0.940 bits per heavy atom. The van der Waals surface area contributed by atoms with Gasteiger partial charge < -0.3 is 14.2 Å². The number of allylic oxidation sites excluding steroid dienone is 10. The normalized spacial score (nSPS) is 12.5. The molecule has 0 aromatic rings. The highest BCUT2D eigenvalue weighted by Crippen LogP contribution is 2.16. The van der Waals surface area contributed by atoms with E-state index in [1.807, 2.05) is 0 Å². The van der Waals surface area contributed by atoms with Gasteiger partial charge in [-0.3, -0.25) is 14.4 Å². The Morgan fingerprint density at radius 2 is 0.582 bits per heavy atom. The number of carbonyl (C=O) groups excluding carboxylic acids is 3. The first-order valence-electron chi connectivity index (χ1n) is 28.8. The molecule has 0 bridgehead atoms. The van der Waals surface area contributed by atoms with Gasteiger partial charge in [-0.2, -0.15) is 0 Å². The molecule has 388 valence electrons. The second-order valence-electron chi connectivity index (χ2n) is 19.2. The highest BCUT2D eigenvalue weighted by atomic mass is 16.6. The maximum absolute atomic E-state index is 12.8. The third kappa shape index (κ3) is 53.9. The standard InChI is InChI=1S/C61H108O6/c1-4-7-10-13-16-19-22-25-28-31-34-36-39-42-45-48-51-54-60(63)66-57-58(67-61(64)55-52-49-46-43-40-37-33-30-27-24-21-18-15-12-9-6-3)56-65-59(62)53-50-47-44-41-38-35-32-29-26-23-20-17-14-11-8-5-2/h9,12,18,21,25,27-28,30,37,40,58H,4-8,10-11,13-17,19-20,22-24,26,29,31-36,38-39,41-57H2,1-3H3/b12-9-,21-18-,28-25-,30-27-,40-37-. The molecule has 0 radical (unpaired) electrons. The average Bonchev–Trinajstić information content (AvgIpc) is 3.33. The summed E-state index contributed by atoms with van der Waals surface area (Å²) in [5.74, 6) is -0.909. The Bertz CT molecular complexity index is 1210. The van der Waals surface area contributed by atoms with Crippen LogP contribution < -0.4 is 0 Å². The molecule has 0 saturated heterocycles. The van der Waals surface area contributed by atoms with Crippen molar-refractivity contribution in [3.63, 3.8) is 0 Å². The van der Waals surface area contributed by atoms with Gasteiger partial charge in [0.1, 0.15) is 13.2 Å². The molecule has 0 fully saturated rings. The lowest BCUT2D eigenvalue weighted by Gasteiger charge is -2.18. The molecule has 0 spiro atoms. The average molecular weight is 938 g/mol. The summed E-state index contributed by atoms with van der Waals surface area (Å²) < 4.78 is 16.8. The van der Waals surface area contributed by atoms with Crippen molar-refractivity contribution >= 4 is 17.9 Å². The van der Waals surface area contributed by atoms with Crippen molar-refractivity contribution in [2.24, 2.45) is 0 Å². The number of hydrogen-bond acceptors (Lipinski definition) is 6. The molecule has 0 rings (SSSR count). The van der Waals surface area contributed by atoms with Crippen molar-refractivity contribution in [3.8, 4) is 0 Å². The molecule has 6 nitrogen and oxygen atoms in total. The fourth-order valence-electron chi connectivity index (χ4n) is 8.19. The molecule has 0 saturated carbocycles. The van der Waals surface area contributed by atoms with Crippen LogP contribution in [0, 0.1) is 0 Å². The summed E-state index contributed by atoms with van der Waals surface area (Å²) in [4.78, 5) is 38.1. The van der Waals surface area contributed by atoms with Gasteiger partial charge in [0, 0.05) is 19.3 Å². The Labute approximate surface area is 415 Å². The summed E-state index contributed by atoms with van der Waals surface area (Å²) in [5, 5.41) is 0. The minimum absolute atomic E-state index is 0.0859. The first-order chi connectivity index (χ1) is 33.0. The third-order valence-electron chi connectivity index (χ3n) is 12.5. The quantitative estimate of drug-likeness (QED) is 0.0262. The topological polar surface area (TPSA) is 78.9 Å². The van der Waals surface area contributed by atoms with Gasteiger partial charge in [0.15, 0.2) is 6.10 Å². The zero-order chi connectivity index (χ0) is 48.6. The van der Waals surface area contributed by atoms with Crippen molar-refractivity contribution in [1.82, 2.24) is 0 Å². The van der Waals surface area contributed by atoms with Crippen molar-refractivity contribution in [1.29, 1.82) is 0 Å². The summed E-state index contributed by atoms with van der Waals surface area (Å²) in [6, 6.07) is 0. The van der Waals surface area contributed by atoms with Crippen molar-refractivity contribution in [2.45, 2.75) is 297 Å². The van der Waals surface area contributed by atoms with Crippen LogP contribution in [-0.4, -0.2) is 37.2 Å². The van der Waals surface area contributed by atoms with E-state index in [0.717, 1.165) is 89.9 Å². The van der Waals surface area contributed by atoms with Gasteiger partial charge in [-0.15, -0.1) is 0 Å². The lowest BCUT2D eigenvalue weighted by atomic mass is 10.0. The molecule has 6 heteroatoms. The lowest BCUT2D eigenvalue weighted by molar-refractivity contribution is -0.167. The van der Waals surface area contributed by atoms with Crippen LogP contribution in [0.4, 0.5) is 0 Å². The second kappa shape index (κ2) is 55.7. The van der Waals surface area contributed by atoms with Gasteiger partial charge in [-0.25, -0.2) is 0 Å². The van der Waals surface area contributed by atoms with Crippen LogP contribution in [0.1, 0.15) is 290 Å². The number of hydrogen-bond donors (Lipinski definition) is 0. The predicted molar refractivity (Wildman–Crippen MR) is 288 cm³/mol. The van der Waals surface area contributed by atoms with E-state index >= 15 is 0 Å². The summed E-state index contributed by atoms with van der Waals surface area (Å²) in [7, 11) is 0. The van der Waals surface area contributed by atoms with Crippen LogP contribution in [0.3, 0.4) is 0 Å². The molecular weight excluding hydrogens is 829 g/mol. The predicted octanol–water partition coefficient (Wildman–Crippen LogP) is 19.2. The van der Waals surface area contributed by atoms with E-state index in [2.05, 4.69) is 81.5 Å². The molecule has 1 atom stereocenters. The number of rotatable bonds is 52. The van der Waals surface area contributed by atoms with E-state index in [-0.39, 0.29) is 31.1 Å². The Kier molecular flexibility index (Phi) is 53.3. The van der Waals surface area contributed by atoms with E-state index in [1.165, 1.54) is 161 Å². The zero-order valence-corrected chi connectivity index (χ0v) is 44.4. The molecule has 0 aliphatic heterocycles.